The van der Waals surface area contributed by atoms with Gasteiger partial charge < -0.3 is 5.73 Å². The standard InChI is InChI=1S/C12H13BrN2O2S2/c13-12-6-5-9(18-12)7-8-15-19(16,17)11-4-2-1-3-10(11)14/h1-6,15H,7-8,14H2. The van der Waals surface area contributed by atoms with Gasteiger partial charge in [-0.05, 0) is 46.6 Å². The van der Waals surface area contributed by atoms with Gasteiger partial charge in [-0.3, -0.25) is 0 Å². The van der Waals surface area contributed by atoms with Gasteiger partial charge in [0.05, 0.1) is 9.47 Å². The van der Waals surface area contributed by atoms with Gasteiger partial charge in [0.25, 0.3) is 0 Å². The van der Waals surface area contributed by atoms with E-state index in [0.717, 1.165) is 8.66 Å². The van der Waals surface area contributed by atoms with E-state index in [0.29, 0.717) is 13.0 Å². The fourth-order valence-electron chi connectivity index (χ4n) is 1.60. The Kier molecular flexibility index (Phi) is 4.62. The van der Waals surface area contributed by atoms with Crippen LogP contribution in [0.15, 0.2) is 45.1 Å². The van der Waals surface area contributed by atoms with Crippen LogP contribution in [0.3, 0.4) is 0 Å². The Balaban J connectivity index is 2.01. The second-order valence-electron chi connectivity index (χ2n) is 3.89. The van der Waals surface area contributed by atoms with E-state index in [1.165, 1.54) is 6.07 Å². The van der Waals surface area contributed by atoms with Crippen molar-refractivity contribution in [1.29, 1.82) is 0 Å². The normalized spacial score (nSPS) is 11.6. The third-order valence-corrected chi connectivity index (χ3v) is 5.72. The highest BCUT2D eigenvalue weighted by Gasteiger charge is 2.16. The monoisotopic (exact) mass is 360 g/mol. The van der Waals surface area contributed by atoms with E-state index in [1.54, 1.807) is 29.5 Å². The molecular formula is C12H13BrN2O2S2. The van der Waals surface area contributed by atoms with Gasteiger partial charge in [-0.25, -0.2) is 13.1 Å². The minimum absolute atomic E-state index is 0.127. The molecule has 0 aliphatic rings. The molecule has 102 valence electrons. The molecule has 0 aliphatic carbocycles. The van der Waals surface area contributed by atoms with Crippen molar-refractivity contribution in [3.8, 4) is 0 Å². The molecule has 0 fully saturated rings. The Hall–Kier alpha value is -0.890. The van der Waals surface area contributed by atoms with Crippen molar-refractivity contribution in [3.63, 3.8) is 0 Å². The summed E-state index contributed by atoms with van der Waals surface area (Å²) in [4.78, 5) is 1.25. The fourth-order valence-corrected chi connectivity index (χ4v) is 4.24. The lowest BCUT2D eigenvalue weighted by Gasteiger charge is -2.08. The van der Waals surface area contributed by atoms with E-state index in [9.17, 15) is 8.42 Å². The summed E-state index contributed by atoms with van der Waals surface area (Å²) in [6.07, 6.45) is 0.655. The maximum absolute atomic E-state index is 12.1. The average molecular weight is 361 g/mol. The number of para-hydroxylation sites is 1. The van der Waals surface area contributed by atoms with Crippen LogP contribution >= 0.6 is 27.3 Å². The number of nitrogens with one attached hydrogen (secondary N) is 1. The zero-order valence-corrected chi connectivity index (χ0v) is 13.2. The molecule has 19 heavy (non-hydrogen) atoms. The first kappa shape index (κ1) is 14.5. The van der Waals surface area contributed by atoms with Crippen LogP contribution < -0.4 is 10.5 Å². The van der Waals surface area contributed by atoms with Crippen LogP contribution in [0.5, 0.6) is 0 Å². The Labute approximate surface area is 124 Å². The molecule has 2 rings (SSSR count). The molecule has 0 atom stereocenters. The Bertz CT molecular complexity index is 668. The summed E-state index contributed by atoms with van der Waals surface area (Å²) < 4.78 is 27.7. The second-order valence-corrected chi connectivity index (χ2v) is 8.17. The highest BCUT2D eigenvalue weighted by atomic mass is 79.9. The molecule has 0 unspecified atom stereocenters. The van der Waals surface area contributed by atoms with Crippen LogP contribution in [0.4, 0.5) is 5.69 Å². The van der Waals surface area contributed by atoms with Gasteiger partial charge in [-0.1, -0.05) is 12.1 Å². The molecular weight excluding hydrogens is 348 g/mol. The van der Waals surface area contributed by atoms with E-state index >= 15 is 0 Å². The van der Waals surface area contributed by atoms with Crippen molar-refractivity contribution in [1.82, 2.24) is 4.72 Å². The number of benzene rings is 1. The lowest BCUT2D eigenvalue weighted by Crippen LogP contribution is -2.26. The molecule has 0 amide bonds. The minimum Gasteiger partial charge on any atom is -0.398 e. The zero-order chi connectivity index (χ0) is 13.9. The van der Waals surface area contributed by atoms with E-state index in [4.69, 9.17) is 5.73 Å². The molecule has 2 aromatic rings. The summed E-state index contributed by atoms with van der Waals surface area (Å²) in [7, 11) is -3.54. The lowest BCUT2D eigenvalue weighted by molar-refractivity contribution is 0.582. The third-order valence-electron chi connectivity index (χ3n) is 2.50. The molecule has 0 radical (unpaired) electrons. The summed E-state index contributed by atoms with van der Waals surface area (Å²) in [6, 6.07) is 10.4. The van der Waals surface area contributed by atoms with Crippen molar-refractivity contribution < 1.29 is 8.42 Å². The van der Waals surface area contributed by atoms with Gasteiger partial charge in [0.2, 0.25) is 10.0 Å². The first-order valence-corrected chi connectivity index (χ1v) is 8.67. The number of nitrogens with two attached hydrogens (primary N) is 1. The largest absolute Gasteiger partial charge is 0.398 e. The van der Waals surface area contributed by atoms with Gasteiger partial charge in [0, 0.05) is 11.4 Å². The van der Waals surface area contributed by atoms with Crippen molar-refractivity contribution in [2.24, 2.45) is 0 Å². The molecule has 4 nitrogen and oxygen atoms in total. The first-order chi connectivity index (χ1) is 8.99. The van der Waals surface area contributed by atoms with Gasteiger partial charge in [0.1, 0.15) is 4.90 Å². The smallest absolute Gasteiger partial charge is 0.242 e. The second kappa shape index (κ2) is 6.04. The molecule has 0 saturated heterocycles. The van der Waals surface area contributed by atoms with E-state index in [-0.39, 0.29) is 10.6 Å². The average Bonchev–Trinajstić information content (AvgIpc) is 2.75. The number of rotatable bonds is 5. The molecule has 1 heterocycles. The Morgan fingerprint density at radius 3 is 2.58 bits per heavy atom. The lowest BCUT2D eigenvalue weighted by atomic mass is 10.3. The number of hydrogen-bond donors (Lipinski definition) is 2. The van der Waals surface area contributed by atoms with Crippen LogP contribution in [0.1, 0.15) is 4.88 Å². The molecule has 0 spiro atoms. The first-order valence-electron chi connectivity index (χ1n) is 5.57. The summed E-state index contributed by atoms with van der Waals surface area (Å²) >= 11 is 4.97. The molecule has 7 heteroatoms. The maximum Gasteiger partial charge on any atom is 0.242 e. The third kappa shape index (κ3) is 3.79. The Morgan fingerprint density at radius 1 is 1.21 bits per heavy atom. The van der Waals surface area contributed by atoms with Crippen LogP contribution in [0, 0.1) is 0 Å². The molecule has 1 aromatic carbocycles. The van der Waals surface area contributed by atoms with Crippen molar-refractivity contribution in [2.45, 2.75) is 11.3 Å². The van der Waals surface area contributed by atoms with Crippen molar-refractivity contribution in [2.75, 3.05) is 12.3 Å². The van der Waals surface area contributed by atoms with E-state index in [2.05, 4.69) is 20.7 Å². The van der Waals surface area contributed by atoms with Crippen LogP contribution in [-0.4, -0.2) is 15.0 Å². The number of hydrogen-bond acceptors (Lipinski definition) is 4. The fraction of sp³-hybridized carbons (Fsp3) is 0.167. The topological polar surface area (TPSA) is 72.2 Å². The molecule has 0 aliphatic heterocycles. The van der Waals surface area contributed by atoms with Crippen molar-refractivity contribution >= 4 is 43.0 Å². The van der Waals surface area contributed by atoms with Gasteiger partial charge in [0.15, 0.2) is 0 Å². The molecule has 1 aromatic heterocycles. The molecule has 0 saturated carbocycles. The number of halogens is 1. The van der Waals surface area contributed by atoms with Crippen LogP contribution in [-0.2, 0) is 16.4 Å². The zero-order valence-electron chi connectivity index (χ0n) is 9.97. The minimum atomic E-state index is -3.54. The maximum atomic E-state index is 12.1. The predicted octanol–water partition coefficient (Wildman–Crippen LogP) is 2.61. The van der Waals surface area contributed by atoms with Crippen LogP contribution in [0.2, 0.25) is 0 Å². The number of sulfonamides is 1. The quantitative estimate of drug-likeness (QED) is 0.805. The molecule has 3 N–H and O–H groups in total. The number of nitrogen functional groups attached to an aromatic ring is 1. The number of anilines is 1. The summed E-state index contributed by atoms with van der Waals surface area (Å²) in [5.41, 5.74) is 5.93. The van der Waals surface area contributed by atoms with E-state index in [1.807, 2.05) is 12.1 Å². The summed E-state index contributed by atoms with van der Waals surface area (Å²) in [6.45, 7) is 0.351. The summed E-state index contributed by atoms with van der Waals surface area (Å²) in [5.74, 6) is 0. The highest BCUT2D eigenvalue weighted by molar-refractivity contribution is 9.11. The van der Waals surface area contributed by atoms with E-state index < -0.39 is 10.0 Å². The Morgan fingerprint density at radius 2 is 1.95 bits per heavy atom. The van der Waals surface area contributed by atoms with Crippen LogP contribution in [0.25, 0.3) is 0 Å². The van der Waals surface area contributed by atoms with Crippen molar-refractivity contribution in [3.05, 3.63) is 45.1 Å². The van der Waals surface area contributed by atoms with Gasteiger partial charge >= 0.3 is 0 Å². The highest BCUT2D eigenvalue weighted by Crippen LogP contribution is 2.22. The molecule has 0 bridgehead atoms. The SMILES string of the molecule is Nc1ccccc1S(=O)(=O)NCCc1ccc(Br)s1. The van der Waals surface area contributed by atoms with Gasteiger partial charge in [-0.15, -0.1) is 11.3 Å². The summed E-state index contributed by atoms with van der Waals surface area (Å²) in [5, 5.41) is 0. The predicted molar refractivity (Wildman–Crippen MR) is 81.8 cm³/mol. The van der Waals surface area contributed by atoms with Gasteiger partial charge in [-0.2, -0.15) is 0 Å². The number of thiophene rings is 1.